The van der Waals surface area contributed by atoms with Gasteiger partial charge in [-0.25, -0.2) is 8.78 Å². The Balaban J connectivity index is 0.749. The molecule has 4 aromatic rings. The molecule has 1 N–H and O–H groups in total. The molecule has 55 heavy (non-hydrogen) atoms. The number of fused-ring (bicyclic) bond motifs is 5. The molecule has 5 heterocycles. The van der Waals surface area contributed by atoms with Crippen molar-refractivity contribution in [2.45, 2.75) is 82.5 Å². The first-order valence-corrected chi connectivity index (χ1v) is 21.3. The van der Waals surface area contributed by atoms with E-state index in [0.29, 0.717) is 28.6 Å². The number of piperidine rings is 2. The number of rotatable bonds is 7. The van der Waals surface area contributed by atoms with Crippen LogP contribution < -0.4 is 15.8 Å². The molecule has 1 aromatic heterocycles. The van der Waals surface area contributed by atoms with E-state index >= 15 is 8.78 Å². The third kappa shape index (κ3) is 7.13. The number of nitrogens with zero attached hydrogens (tertiary/aromatic N) is 5. The molecular weight excluding hydrogens is 714 g/mol. The van der Waals surface area contributed by atoms with E-state index in [9.17, 15) is 4.79 Å². The molecule has 3 aromatic carbocycles. The topological polar surface area (TPSA) is 56.6 Å². The third-order valence-electron chi connectivity index (χ3n) is 13.9. The average Bonchev–Trinajstić information content (AvgIpc) is 3.41. The Kier molecular flexibility index (Phi) is 10.3. The summed E-state index contributed by atoms with van der Waals surface area (Å²) in [4.78, 5) is 25.1. The van der Waals surface area contributed by atoms with E-state index in [1.54, 1.807) is 18.2 Å². The summed E-state index contributed by atoms with van der Waals surface area (Å²) < 4.78 is 32.5. The second-order valence-corrected chi connectivity index (χ2v) is 18.1. The highest BCUT2D eigenvalue weighted by atomic mass is 35.5. The van der Waals surface area contributed by atoms with Crippen molar-refractivity contribution in [3.8, 4) is 5.69 Å². The molecule has 1 aliphatic carbocycles. The molecule has 1 saturated carbocycles. The van der Waals surface area contributed by atoms with Gasteiger partial charge in [-0.05, 0) is 144 Å². The fraction of sp³-hybridized carbons (Fsp3) is 0.556. The standard InChI is InChI=1S/C45H55ClF2N6O/c1-45(2)35-13-12-32(23-40(35)54-39-7-3-6-36(46)42(39)43(55)50-44(45)54)31-14-17-51(18-15-31)27-29-8-10-30(11-9-29)28-52-19-21-53(22-20-52)34-24-37(47)41(38(48)25-34)33-5-4-16-49-26-33/h3,6-7,12-13,23-25,29-31,33,49H,4-5,8-11,14-22,26-28H2,1-2H3. The highest BCUT2D eigenvalue weighted by molar-refractivity contribution is 6.35. The van der Waals surface area contributed by atoms with Crippen LogP contribution in [-0.2, 0) is 5.41 Å². The van der Waals surface area contributed by atoms with E-state index in [4.69, 9.17) is 11.6 Å². The molecule has 0 amide bonds. The van der Waals surface area contributed by atoms with Crippen LogP contribution in [0.25, 0.3) is 16.6 Å². The fourth-order valence-electron chi connectivity index (χ4n) is 10.7. The minimum Gasteiger partial charge on any atom is -0.369 e. The molecule has 1 atom stereocenters. The van der Waals surface area contributed by atoms with Crippen LogP contribution in [0, 0.1) is 23.5 Å². The second-order valence-electron chi connectivity index (χ2n) is 17.7. The minimum atomic E-state index is -0.388. The summed E-state index contributed by atoms with van der Waals surface area (Å²) >= 11 is 6.51. The van der Waals surface area contributed by atoms with Crippen LogP contribution in [0.3, 0.4) is 0 Å². The van der Waals surface area contributed by atoms with Gasteiger partial charge in [-0.2, -0.15) is 4.98 Å². The van der Waals surface area contributed by atoms with Crippen LogP contribution >= 0.6 is 11.6 Å². The number of aromatic nitrogens is 2. The molecule has 0 spiro atoms. The largest absolute Gasteiger partial charge is 0.369 e. The summed E-state index contributed by atoms with van der Waals surface area (Å²) in [6.07, 6.45) is 9.32. The Bertz CT molecular complexity index is 2080. The van der Waals surface area contributed by atoms with Crippen LogP contribution in [0.2, 0.25) is 5.02 Å². The lowest BCUT2D eigenvalue weighted by Crippen LogP contribution is -2.48. The van der Waals surface area contributed by atoms with Crippen molar-refractivity contribution in [1.82, 2.24) is 24.7 Å². The van der Waals surface area contributed by atoms with Gasteiger partial charge in [-0.15, -0.1) is 0 Å². The number of anilines is 1. The van der Waals surface area contributed by atoms with Crippen LogP contribution in [0.4, 0.5) is 14.5 Å². The van der Waals surface area contributed by atoms with Gasteiger partial charge in [0.1, 0.15) is 17.5 Å². The highest BCUT2D eigenvalue weighted by Crippen LogP contribution is 2.45. The number of nitrogens with one attached hydrogen (secondary N) is 1. The van der Waals surface area contributed by atoms with E-state index in [2.05, 4.69) is 61.6 Å². The van der Waals surface area contributed by atoms with Gasteiger partial charge in [0.05, 0.1) is 27.0 Å². The minimum absolute atomic E-state index is 0.0759. The van der Waals surface area contributed by atoms with Crippen molar-refractivity contribution in [2.75, 3.05) is 70.3 Å². The normalized spacial score (nSPS) is 25.0. The SMILES string of the molecule is CC1(C)c2ccc(C3CCN(CC4CCC(CN5CCN(c6cc(F)c(C7CCCNC7)c(F)c6)CC5)CC4)CC3)cc2-n2c1nc(=O)c1c(Cl)cccc12. The van der Waals surface area contributed by atoms with Gasteiger partial charge in [-0.3, -0.25) is 14.3 Å². The fourth-order valence-corrected chi connectivity index (χ4v) is 11.0. The molecule has 1 unspecified atom stereocenters. The molecule has 0 radical (unpaired) electrons. The lowest BCUT2D eigenvalue weighted by Gasteiger charge is -2.40. The number of benzene rings is 3. The quantitative estimate of drug-likeness (QED) is 0.205. The molecule has 4 aliphatic heterocycles. The van der Waals surface area contributed by atoms with E-state index in [0.717, 1.165) is 107 Å². The summed E-state index contributed by atoms with van der Waals surface area (Å²) in [5.41, 5.74) is 4.86. The molecular formula is C45H55ClF2N6O. The lowest BCUT2D eigenvalue weighted by molar-refractivity contribution is 0.132. The van der Waals surface area contributed by atoms with Crippen molar-refractivity contribution >= 4 is 28.2 Å². The van der Waals surface area contributed by atoms with Crippen molar-refractivity contribution < 1.29 is 8.78 Å². The summed E-state index contributed by atoms with van der Waals surface area (Å²) in [5.74, 6) is 1.96. The highest BCUT2D eigenvalue weighted by Gasteiger charge is 2.39. The summed E-state index contributed by atoms with van der Waals surface area (Å²) in [7, 11) is 0. The number of halogens is 3. The lowest BCUT2D eigenvalue weighted by atomic mass is 9.80. The smallest absolute Gasteiger partial charge is 0.282 e. The van der Waals surface area contributed by atoms with Gasteiger partial charge in [-0.1, -0.05) is 29.8 Å². The number of piperazine rings is 1. The van der Waals surface area contributed by atoms with Gasteiger partial charge in [0, 0.05) is 63.0 Å². The molecule has 5 aliphatic rings. The van der Waals surface area contributed by atoms with E-state index in [1.807, 2.05) is 12.1 Å². The van der Waals surface area contributed by atoms with E-state index in [1.165, 1.54) is 43.4 Å². The maximum absolute atomic E-state index is 15.1. The van der Waals surface area contributed by atoms with Crippen molar-refractivity contribution in [1.29, 1.82) is 0 Å². The summed E-state index contributed by atoms with van der Waals surface area (Å²) in [6, 6.07) is 15.8. The zero-order valence-electron chi connectivity index (χ0n) is 32.4. The van der Waals surface area contributed by atoms with Gasteiger partial charge in [0.2, 0.25) is 0 Å². The number of likely N-dealkylation sites (tertiary alicyclic amines) is 1. The van der Waals surface area contributed by atoms with Gasteiger partial charge in [0.25, 0.3) is 5.56 Å². The first kappa shape index (κ1) is 37.2. The number of hydrogen-bond acceptors (Lipinski definition) is 6. The molecule has 9 rings (SSSR count). The maximum atomic E-state index is 15.1. The van der Waals surface area contributed by atoms with Crippen molar-refractivity contribution in [3.63, 3.8) is 0 Å². The van der Waals surface area contributed by atoms with E-state index in [-0.39, 0.29) is 34.1 Å². The summed E-state index contributed by atoms with van der Waals surface area (Å²) in [5, 5.41) is 4.23. The summed E-state index contributed by atoms with van der Waals surface area (Å²) in [6.45, 7) is 14.0. The predicted molar refractivity (Wildman–Crippen MR) is 218 cm³/mol. The third-order valence-corrected chi connectivity index (χ3v) is 14.2. The molecule has 292 valence electrons. The van der Waals surface area contributed by atoms with Crippen LogP contribution in [0.15, 0.2) is 53.3 Å². The maximum Gasteiger partial charge on any atom is 0.282 e. The van der Waals surface area contributed by atoms with Crippen molar-refractivity contribution in [3.05, 3.63) is 98.1 Å². The van der Waals surface area contributed by atoms with Crippen LogP contribution in [0.5, 0.6) is 0 Å². The molecule has 3 saturated heterocycles. The Hall–Kier alpha value is -3.37. The molecule has 7 nitrogen and oxygen atoms in total. The molecule has 0 bridgehead atoms. The zero-order valence-corrected chi connectivity index (χ0v) is 33.2. The Labute approximate surface area is 329 Å². The van der Waals surface area contributed by atoms with Crippen LogP contribution in [0.1, 0.15) is 99.6 Å². The van der Waals surface area contributed by atoms with Gasteiger partial charge >= 0.3 is 0 Å². The van der Waals surface area contributed by atoms with Gasteiger partial charge in [0.15, 0.2) is 0 Å². The first-order chi connectivity index (χ1) is 26.6. The second kappa shape index (κ2) is 15.2. The molecule has 4 fully saturated rings. The Morgan fingerprint density at radius 1 is 0.818 bits per heavy atom. The Morgan fingerprint density at radius 3 is 2.15 bits per heavy atom. The van der Waals surface area contributed by atoms with Crippen LogP contribution in [-0.4, -0.2) is 84.8 Å². The monoisotopic (exact) mass is 768 g/mol. The number of hydrogen-bond donors (Lipinski definition) is 1. The average molecular weight is 769 g/mol. The Morgan fingerprint density at radius 2 is 1.49 bits per heavy atom. The first-order valence-electron chi connectivity index (χ1n) is 20.9. The van der Waals surface area contributed by atoms with E-state index < -0.39 is 0 Å². The zero-order chi connectivity index (χ0) is 37.8. The van der Waals surface area contributed by atoms with Crippen molar-refractivity contribution in [2.24, 2.45) is 11.8 Å². The molecule has 10 heteroatoms. The van der Waals surface area contributed by atoms with Gasteiger partial charge < -0.3 is 15.1 Å². The predicted octanol–water partition coefficient (Wildman–Crippen LogP) is 8.23.